The van der Waals surface area contributed by atoms with Gasteiger partial charge in [0, 0.05) is 15.6 Å². The Bertz CT molecular complexity index is 942. The summed E-state index contributed by atoms with van der Waals surface area (Å²) in [4.78, 5) is 15.9. The maximum atomic E-state index is 12.8. The Hall–Kier alpha value is -1.80. The summed E-state index contributed by atoms with van der Waals surface area (Å²) in [6, 6.07) is 14.7. The summed E-state index contributed by atoms with van der Waals surface area (Å²) in [5.74, 6) is -0.231. The molecule has 1 fully saturated rings. The zero-order chi connectivity index (χ0) is 21.0. The third-order valence-corrected chi connectivity index (χ3v) is 6.51. The summed E-state index contributed by atoms with van der Waals surface area (Å²) in [6.45, 7) is 3.47. The number of carbonyl (C=O) groups is 1. The molecule has 0 unspecified atom stereocenters. The first-order chi connectivity index (χ1) is 13.7. The fourth-order valence-corrected chi connectivity index (χ4v) is 4.79. The number of benzene rings is 2. The molecule has 1 saturated heterocycles. The Balaban J connectivity index is 1.63. The zero-order valence-electron chi connectivity index (χ0n) is 16.1. The number of hydrogen-bond acceptors (Lipinski definition) is 3. The molecule has 1 amide bonds. The number of rotatable bonds is 6. The van der Waals surface area contributed by atoms with E-state index in [2.05, 4.69) is 12.1 Å². The average Bonchev–Trinajstić information content (AvgIpc) is 2.65. The van der Waals surface area contributed by atoms with Gasteiger partial charge in [-0.1, -0.05) is 53.5 Å². The molecule has 0 radical (unpaired) electrons. The van der Waals surface area contributed by atoms with Crippen molar-refractivity contribution < 1.29 is 18.1 Å². The molecule has 1 aliphatic heterocycles. The predicted octanol–water partition coefficient (Wildman–Crippen LogP) is 1.69. The maximum Gasteiger partial charge on any atom is 0.243 e. The summed E-state index contributed by atoms with van der Waals surface area (Å²) in [5.41, 5.74) is 1.55. The first-order valence-corrected chi connectivity index (χ1v) is 11.9. The van der Waals surface area contributed by atoms with Gasteiger partial charge in [0.05, 0.1) is 38.1 Å². The largest absolute Gasteiger partial charge is 0.330 e. The first kappa shape index (κ1) is 21.9. The molecule has 0 saturated carbocycles. The van der Waals surface area contributed by atoms with Crippen LogP contribution in [-0.4, -0.2) is 58.2 Å². The molecular formula is C20H24Cl2N3O3S+. The van der Waals surface area contributed by atoms with E-state index in [1.54, 1.807) is 4.90 Å². The number of quaternary nitrogens is 1. The van der Waals surface area contributed by atoms with E-state index in [1.165, 1.54) is 28.7 Å². The Morgan fingerprint density at radius 2 is 1.66 bits per heavy atom. The Morgan fingerprint density at radius 3 is 2.21 bits per heavy atom. The van der Waals surface area contributed by atoms with Crippen molar-refractivity contribution in [2.24, 2.45) is 0 Å². The van der Waals surface area contributed by atoms with Crippen LogP contribution in [0.1, 0.15) is 5.56 Å². The number of nitrogens with one attached hydrogen (secondary N) is 1. The number of nitrogens with zero attached hydrogens (tertiary/aromatic N) is 2. The molecule has 1 aliphatic rings. The van der Waals surface area contributed by atoms with Crippen LogP contribution in [0.3, 0.4) is 0 Å². The van der Waals surface area contributed by atoms with Gasteiger partial charge >= 0.3 is 0 Å². The molecule has 0 aromatic heterocycles. The maximum absolute atomic E-state index is 12.8. The summed E-state index contributed by atoms with van der Waals surface area (Å²) in [7, 11) is -3.67. The zero-order valence-corrected chi connectivity index (χ0v) is 18.5. The van der Waals surface area contributed by atoms with Crippen LogP contribution in [0, 0.1) is 0 Å². The van der Waals surface area contributed by atoms with Gasteiger partial charge in [-0.25, -0.2) is 8.42 Å². The van der Waals surface area contributed by atoms with Gasteiger partial charge in [-0.3, -0.25) is 9.10 Å². The average molecular weight is 457 g/mol. The van der Waals surface area contributed by atoms with E-state index in [-0.39, 0.29) is 18.1 Å². The van der Waals surface area contributed by atoms with Crippen LogP contribution in [0.4, 0.5) is 5.69 Å². The number of carbonyl (C=O) groups excluding carboxylic acids is 1. The third kappa shape index (κ3) is 6.09. The minimum absolute atomic E-state index is 0.231. The van der Waals surface area contributed by atoms with E-state index in [9.17, 15) is 13.2 Å². The third-order valence-electron chi connectivity index (χ3n) is 4.93. The summed E-state index contributed by atoms with van der Waals surface area (Å²) < 4.78 is 25.6. The van der Waals surface area contributed by atoms with Crippen molar-refractivity contribution >= 4 is 44.8 Å². The lowest BCUT2D eigenvalue weighted by Gasteiger charge is -2.33. The van der Waals surface area contributed by atoms with Crippen LogP contribution >= 0.6 is 23.2 Å². The second kappa shape index (κ2) is 9.34. The highest BCUT2D eigenvalue weighted by molar-refractivity contribution is 7.92. The molecule has 2 aromatic rings. The second-order valence-corrected chi connectivity index (χ2v) is 9.97. The van der Waals surface area contributed by atoms with E-state index in [0.29, 0.717) is 23.1 Å². The number of anilines is 1. The topological polar surface area (TPSA) is 62.1 Å². The normalized spacial score (nSPS) is 15.3. The molecular weight excluding hydrogens is 433 g/mol. The molecule has 0 spiro atoms. The van der Waals surface area contributed by atoms with E-state index in [4.69, 9.17) is 23.2 Å². The SMILES string of the molecule is CS(=O)(=O)N(CC(=O)N1CC[NH+](Cc2ccccc2)CC1)c1cc(Cl)cc(Cl)c1. The first-order valence-electron chi connectivity index (χ1n) is 9.31. The van der Waals surface area contributed by atoms with Crippen LogP contribution in [0.5, 0.6) is 0 Å². The minimum Gasteiger partial charge on any atom is -0.330 e. The van der Waals surface area contributed by atoms with Crippen molar-refractivity contribution in [1.82, 2.24) is 4.90 Å². The van der Waals surface area contributed by atoms with Gasteiger partial charge in [-0.2, -0.15) is 0 Å². The van der Waals surface area contributed by atoms with Crippen LogP contribution < -0.4 is 9.21 Å². The fraction of sp³-hybridized carbons (Fsp3) is 0.350. The monoisotopic (exact) mass is 456 g/mol. The van der Waals surface area contributed by atoms with Crippen LogP contribution in [0.2, 0.25) is 10.0 Å². The molecule has 0 bridgehead atoms. The van der Waals surface area contributed by atoms with E-state index in [0.717, 1.165) is 30.2 Å². The van der Waals surface area contributed by atoms with Gasteiger partial charge in [-0.15, -0.1) is 0 Å². The molecule has 156 valence electrons. The minimum atomic E-state index is -3.67. The van der Waals surface area contributed by atoms with Gasteiger partial charge < -0.3 is 9.80 Å². The van der Waals surface area contributed by atoms with Crippen molar-refractivity contribution in [3.05, 3.63) is 64.1 Å². The highest BCUT2D eigenvalue weighted by atomic mass is 35.5. The van der Waals surface area contributed by atoms with E-state index in [1.807, 2.05) is 18.2 Å². The highest BCUT2D eigenvalue weighted by Gasteiger charge is 2.28. The fourth-order valence-electron chi connectivity index (χ4n) is 3.44. The standard InChI is InChI=1S/C20H23Cl2N3O3S/c1-29(27,28)25(19-12-17(21)11-18(22)13-19)15-20(26)24-9-7-23(8-10-24)14-16-5-3-2-4-6-16/h2-6,11-13H,7-10,14-15H2,1H3/p+1. The lowest BCUT2D eigenvalue weighted by molar-refractivity contribution is -0.917. The lowest BCUT2D eigenvalue weighted by Crippen LogP contribution is -3.13. The van der Waals surface area contributed by atoms with Gasteiger partial charge in [0.15, 0.2) is 0 Å². The Kier molecular flexibility index (Phi) is 7.05. The van der Waals surface area contributed by atoms with Crippen molar-refractivity contribution in [1.29, 1.82) is 0 Å². The van der Waals surface area contributed by atoms with E-state index >= 15 is 0 Å². The predicted molar refractivity (Wildman–Crippen MR) is 116 cm³/mol. The van der Waals surface area contributed by atoms with Crippen molar-refractivity contribution in [3.8, 4) is 0 Å². The van der Waals surface area contributed by atoms with Crippen LogP contribution in [-0.2, 0) is 21.4 Å². The molecule has 0 atom stereocenters. The van der Waals surface area contributed by atoms with Crippen molar-refractivity contribution in [2.45, 2.75) is 6.54 Å². The van der Waals surface area contributed by atoms with Crippen molar-refractivity contribution in [2.75, 3.05) is 43.3 Å². The van der Waals surface area contributed by atoms with Gasteiger partial charge in [-0.05, 0) is 18.2 Å². The number of amides is 1. The summed E-state index contributed by atoms with van der Waals surface area (Å²) >= 11 is 12.0. The Morgan fingerprint density at radius 1 is 1.07 bits per heavy atom. The highest BCUT2D eigenvalue weighted by Crippen LogP contribution is 2.27. The van der Waals surface area contributed by atoms with Gasteiger partial charge in [0.25, 0.3) is 0 Å². The quantitative estimate of drug-likeness (QED) is 0.719. The van der Waals surface area contributed by atoms with E-state index < -0.39 is 10.0 Å². The smallest absolute Gasteiger partial charge is 0.243 e. The number of halogens is 2. The molecule has 1 N–H and O–H groups in total. The molecule has 3 rings (SSSR count). The molecule has 2 aromatic carbocycles. The number of hydrogen-bond donors (Lipinski definition) is 1. The summed E-state index contributed by atoms with van der Waals surface area (Å²) in [5, 5.41) is 0.624. The Labute approximate surface area is 181 Å². The second-order valence-electron chi connectivity index (χ2n) is 7.19. The van der Waals surface area contributed by atoms with Crippen molar-refractivity contribution in [3.63, 3.8) is 0 Å². The van der Waals surface area contributed by atoms with Gasteiger partial charge in [0.1, 0.15) is 13.1 Å². The molecule has 0 aliphatic carbocycles. The number of sulfonamides is 1. The number of piperazine rings is 1. The van der Waals surface area contributed by atoms with Crippen LogP contribution in [0.15, 0.2) is 48.5 Å². The molecule has 1 heterocycles. The molecule has 6 nitrogen and oxygen atoms in total. The van der Waals surface area contributed by atoms with Crippen LogP contribution in [0.25, 0.3) is 0 Å². The van der Waals surface area contributed by atoms with Gasteiger partial charge in [0.2, 0.25) is 15.9 Å². The molecule has 9 heteroatoms. The lowest BCUT2D eigenvalue weighted by atomic mass is 10.2. The summed E-state index contributed by atoms with van der Waals surface area (Å²) in [6.07, 6.45) is 1.07. The molecule has 29 heavy (non-hydrogen) atoms.